The van der Waals surface area contributed by atoms with Crippen molar-refractivity contribution < 1.29 is 4.79 Å². The highest BCUT2D eigenvalue weighted by atomic mass is 32.1. The number of hydrogen-bond acceptors (Lipinski definition) is 4. The van der Waals surface area contributed by atoms with Crippen molar-refractivity contribution in [1.82, 2.24) is 4.98 Å². The van der Waals surface area contributed by atoms with Gasteiger partial charge in [0.2, 0.25) is 11.0 Å². The van der Waals surface area contributed by atoms with Crippen LogP contribution in [0.1, 0.15) is 19.0 Å². The van der Waals surface area contributed by atoms with Gasteiger partial charge in [-0.1, -0.05) is 6.92 Å². The maximum absolute atomic E-state index is 11.1. The quantitative estimate of drug-likeness (QED) is 0.426. The second-order valence-electron chi connectivity index (χ2n) is 2.39. The number of hydrazine groups is 1. The summed E-state index contributed by atoms with van der Waals surface area (Å²) in [5, 5.41) is 3.51. The van der Waals surface area contributed by atoms with E-state index >= 15 is 0 Å². The molecule has 1 heterocycles. The Morgan fingerprint density at radius 1 is 1.83 bits per heavy atom. The Hall–Kier alpha value is -0.940. The van der Waals surface area contributed by atoms with Crippen LogP contribution in [0.3, 0.4) is 0 Å². The van der Waals surface area contributed by atoms with Crippen LogP contribution in [-0.4, -0.2) is 10.9 Å². The van der Waals surface area contributed by atoms with E-state index in [0.29, 0.717) is 11.6 Å². The summed E-state index contributed by atoms with van der Waals surface area (Å²) in [5.74, 6) is 5.37. The Labute approximate surface area is 75.0 Å². The first-order valence-electron chi connectivity index (χ1n) is 3.65. The Morgan fingerprint density at radius 2 is 2.50 bits per heavy atom. The summed E-state index contributed by atoms with van der Waals surface area (Å²) >= 11 is 1.37. The summed E-state index contributed by atoms with van der Waals surface area (Å²) in [6, 6.07) is 0. The van der Waals surface area contributed by atoms with Crippen molar-refractivity contribution in [2.75, 3.05) is 5.01 Å². The molecule has 1 aromatic heterocycles. The summed E-state index contributed by atoms with van der Waals surface area (Å²) in [6.07, 6.45) is 0.398. The maximum atomic E-state index is 11.1. The maximum Gasteiger partial charge on any atom is 0.242 e. The molecule has 4 nitrogen and oxygen atoms in total. The number of aryl methyl sites for hydroxylation is 1. The van der Waals surface area contributed by atoms with E-state index < -0.39 is 0 Å². The molecule has 0 aliphatic carbocycles. The highest BCUT2D eigenvalue weighted by Crippen LogP contribution is 2.17. The van der Waals surface area contributed by atoms with E-state index in [9.17, 15) is 4.79 Å². The van der Waals surface area contributed by atoms with Crippen molar-refractivity contribution in [3.63, 3.8) is 0 Å². The van der Waals surface area contributed by atoms with Gasteiger partial charge in [-0.15, -0.1) is 11.3 Å². The average Bonchev–Trinajstić information content (AvgIpc) is 2.49. The number of thiazole rings is 1. The summed E-state index contributed by atoms with van der Waals surface area (Å²) in [7, 11) is 0. The molecule has 0 saturated heterocycles. The van der Waals surface area contributed by atoms with Crippen LogP contribution in [0.25, 0.3) is 0 Å². The SMILES string of the molecule is CCC(=O)N(N)c1nc(C)cs1. The highest BCUT2D eigenvalue weighted by molar-refractivity contribution is 7.13. The summed E-state index contributed by atoms with van der Waals surface area (Å²) < 4.78 is 0. The van der Waals surface area contributed by atoms with Crippen LogP contribution in [0.5, 0.6) is 0 Å². The van der Waals surface area contributed by atoms with Crippen molar-refractivity contribution in [1.29, 1.82) is 0 Å². The van der Waals surface area contributed by atoms with Gasteiger partial charge in [0.25, 0.3) is 0 Å². The van der Waals surface area contributed by atoms with Crippen LogP contribution in [0.4, 0.5) is 5.13 Å². The van der Waals surface area contributed by atoms with Crippen LogP contribution in [0.15, 0.2) is 5.38 Å². The topological polar surface area (TPSA) is 59.2 Å². The molecule has 5 heteroatoms. The molecule has 0 aliphatic rings. The molecule has 0 atom stereocenters. The van der Waals surface area contributed by atoms with E-state index in [1.54, 1.807) is 6.92 Å². The van der Waals surface area contributed by atoms with Gasteiger partial charge in [-0.05, 0) is 6.92 Å². The van der Waals surface area contributed by atoms with Crippen molar-refractivity contribution in [3.8, 4) is 0 Å². The Kier molecular flexibility index (Phi) is 2.78. The number of rotatable bonds is 2. The molecule has 66 valence electrons. The fourth-order valence-corrected chi connectivity index (χ4v) is 1.47. The number of carbonyl (C=O) groups is 1. The lowest BCUT2D eigenvalue weighted by atomic mass is 10.4. The summed E-state index contributed by atoms with van der Waals surface area (Å²) in [5.41, 5.74) is 0.884. The number of anilines is 1. The predicted molar refractivity (Wildman–Crippen MR) is 48.8 cm³/mol. The smallest absolute Gasteiger partial charge is 0.242 e. The normalized spacial score (nSPS) is 9.92. The predicted octanol–water partition coefficient (Wildman–Crippen LogP) is 1.07. The lowest BCUT2D eigenvalue weighted by molar-refractivity contribution is -0.118. The molecule has 0 unspecified atom stereocenters. The first-order chi connectivity index (χ1) is 5.65. The molecule has 0 fully saturated rings. The zero-order valence-electron chi connectivity index (χ0n) is 7.07. The Morgan fingerprint density at radius 3 is 2.92 bits per heavy atom. The fourth-order valence-electron chi connectivity index (χ4n) is 0.729. The monoisotopic (exact) mass is 185 g/mol. The Bertz CT molecular complexity index is 284. The minimum atomic E-state index is -0.121. The van der Waals surface area contributed by atoms with E-state index in [0.717, 1.165) is 10.7 Å². The molecule has 2 N–H and O–H groups in total. The summed E-state index contributed by atoms with van der Waals surface area (Å²) in [6.45, 7) is 3.63. The third-order valence-electron chi connectivity index (χ3n) is 1.38. The highest BCUT2D eigenvalue weighted by Gasteiger charge is 2.11. The molecule has 0 spiro atoms. The average molecular weight is 185 g/mol. The molecule has 1 aromatic rings. The molecular weight excluding hydrogens is 174 g/mol. The van der Waals surface area contributed by atoms with Gasteiger partial charge in [-0.3, -0.25) is 4.79 Å². The molecule has 0 saturated carbocycles. The van der Waals surface area contributed by atoms with Crippen LogP contribution < -0.4 is 10.9 Å². The molecule has 0 aliphatic heterocycles. The van der Waals surface area contributed by atoms with Crippen LogP contribution in [-0.2, 0) is 4.79 Å². The lowest BCUT2D eigenvalue weighted by Gasteiger charge is -2.10. The van der Waals surface area contributed by atoms with E-state index in [-0.39, 0.29) is 5.91 Å². The standard InChI is InChI=1S/C7H11N3OS/c1-3-6(11)10(8)7-9-5(2)4-12-7/h4H,3,8H2,1-2H3. The van der Waals surface area contributed by atoms with Crippen molar-refractivity contribution in [3.05, 3.63) is 11.1 Å². The minimum Gasteiger partial charge on any atom is -0.273 e. The molecule has 12 heavy (non-hydrogen) atoms. The van der Waals surface area contributed by atoms with E-state index in [4.69, 9.17) is 5.84 Å². The zero-order chi connectivity index (χ0) is 9.14. The van der Waals surface area contributed by atoms with E-state index in [1.807, 2.05) is 12.3 Å². The lowest BCUT2D eigenvalue weighted by Crippen LogP contribution is -2.36. The van der Waals surface area contributed by atoms with Gasteiger partial charge in [0.15, 0.2) is 0 Å². The first-order valence-corrected chi connectivity index (χ1v) is 4.53. The van der Waals surface area contributed by atoms with Gasteiger partial charge >= 0.3 is 0 Å². The molecular formula is C7H11N3OS. The largest absolute Gasteiger partial charge is 0.273 e. The third-order valence-corrected chi connectivity index (χ3v) is 2.34. The first kappa shape index (κ1) is 9.15. The van der Waals surface area contributed by atoms with Crippen LogP contribution in [0, 0.1) is 6.92 Å². The third kappa shape index (κ3) is 1.80. The van der Waals surface area contributed by atoms with Gasteiger partial charge in [-0.2, -0.15) is 0 Å². The van der Waals surface area contributed by atoms with Gasteiger partial charge in [0.05, 0.1) is 5.69 Å². The Balaban J connectivity index is 2.77. The van der Waals surface area contributed by atoms with Crippen molar-refractivity contribution in [2.24, 2.45) is 5.84 Å². The van der Waals surface area contributed by atoms with Gasteiger partial charge in [-0.25, -0.2) is 15.8 Å². The van der Waals surface area contributed by atoms with Gasteiger partial charge < -0.3 is 0 Å². The number of carbonyl (C=O) groups excluding carboxylic acids is 1. The molecule has 1 rings (SSSR count). The van der Waals surface area contributed by atoms with E-state index in [2.05, 4.69) is 4.98 Å². The minimum absolute atomic E-state index is 0.121. The zero-order valence-corrected chi connectivity index (χ0v) is 7.89. The second kappa shape index (κ2) is 3.64. The number of nitrogens with zero attached hydrogens (tertiary/aromatic N) is 2. The molecule has 0 aromatic carbocycles. The summed E-state index contributed by atoms with van der Waals surface area (Å²) in [4.78, 5) is 15.2. The fraction of sp³-hybridized carbons (Fsp3) is 0.429. The van der Waals surface area contributed by atoms with Crippen LogP contribution in [0.2, 0.25) is 0 Å². The van der Waals surface area contributed by atoms with Crippen molar-refractivity contribution in [2.45, 2.75) is 20.3 Å². The number of amides is 1. The van der Waals surface area contributed by atoms with E-state index in [1.165, 1.54) is 11.3 Å². The second-order valence-corrected chi connectivity index (χ2v) is 3.23. The molecule has 0 bridgehead atoms. The van der Waals surface area contributed by atoms with Gasteiger partial charge in [0, 0.05) is 11.8 Å². The number of hydrogen-bond donors (Lipinski definition) is 1. The number of aromatic nitrogens is 1. The number of nitrogens with two attached hydrogens (primary N) is 1. The van der Waals surface area contributed by atoms with Crippen LogP contribution >= 0.6 is 11.3 Å². The molecule has 0 radical (unpaired) electrons. The van der Waals surface area contributed by atoms with Gasteiger partial charge in [0.1, 0.15) is 0 Å². The molecule has 1 amide bonds. The van der Waals surface area contributed by atoms with Crippen molar-refractivity contribution >= 4 is 22.4 Å².